The zero-order valence-electron chi connectivity index (χ0n) is 10.1. The van der Waals surface area contributed by atoms with Crippen LogP contribution in [0.1, 0.15) is 25.3 Å². The van der Waals surface area contributed by atoms with E-state index in [2.05, 4.69) is 0 Å². The molecular weight excluding hydrogens is 216 g/mol. The Hall–Kier alpha value is -1.35. The van der Waals surface area contributed by atoms with Gasteiger partial charge in [-0.2, -0.15) is 0 Å². The van der Waals surface area contributed by atoms with Crippen molar-refractivity contribution in [2.45, 2.75) is 31.8 Å². The van der Waals surface area contributed by atoms with E-state index in [9.17, 15) is 4.79 Å². The minimum absolute atomic E-state index is 0.221. The summed E-state index contributed by atoms with van der Waals surface area (Å²) in [6, 6.07) is 9.95. The zero-order valence-corrected chi connectivity index (χ0v) is 10.1. The number of rotatable bonds is 4. The van der Waals surface area contributed by atoms with Gasteiger partial charge >= 0.3 is 5.97 Å². The molecule has 1 saturated heterocycles. The lowest BCUT2D eigenvalue weighted by atomic mass is 9.91. The number of hydrogen-bond acceptors (Lipinski definition) is 3. The van der Waals surface area contributed by atoms with Crippen molar-refractivity contribution < 1.29 is 14.3 Å². The minimum atomic E-state index is -0.753. The predicted octanol–water partition coefficient (Wildman–Crippen LogP) is 2.34. The topological polar surface area (TPSA) is 35.5 Å². The van der Waals surface area contributed by atoms with Crippen LogP contribution in [0.3, 0.4) is 0 Å². The van der Waals surface area contributed by atoms with E-state index in [-0.39, 0.29) is 5.97 Å². The van der Waals surface area contributed by atoms with Crippen LogP contribution in [-0.4, -0.2) is 24.8 Å². The molecule has 92 valence electrons. The van der Waals surface area contributed by atoms with Crippen molar-refractivity contribution in [3.8, 4) is 0 Å². The zero-order chi connectivity index (χ0) is 12.1. The molecule has 0 spiro atoms. The fourth-order valence-corrected chi connectivity index (χ4v) is 2.26. The first-order chi connectivity index (χ1) is 8.27. The highest BCUT2D eigenvalue weighted by atomic mass is 16.6. The molecule has 0 amide bonds. The minimum Gasteiger partial charge on any atom is -0.464 e. The lowest BCUT2D eigenvalue weighted by Gasteiger charge is -2.25. The third-order valence-corrected chi connectivity index (χ3v) is 3.08. The third kappa shape index (κ3) is 2.67. The standard InChI is InChI=1S/C14H18O3/c1-2-16-13(15)14(9-6-10-17-14)11-12-7-4-3-5-8-12/h3-5,7-8H,2,6,9-11H2,1H3. The van der Waals surface area contributed by atoms with Crippen LogP contribution < -0.4 is 0 Å². The average Bonchev–Trinajstić information content (AvgIpc) is 2.80. The highest BCUT2D eigenvalue weighted by molar-refractivity contribution is 5.80. The molecule has 3 nitrogen and oxygen atoms in total. The van der Waals surface area contributed by atoms with Crippen LogP contribution >= 0.6 is 0 Å². The fraction of sp³-hybridized carbons (Fsp3) is 0.500. The molecule has 0 aliphatic carbocycles. The van der Waals surface area contributed by atoms with Gasteiger partial charge in [-0.25, -0.2) is 4.79 Å². The molecule has 0 radical (unpaired) electrons. The molecule has 0 bridgehead atoms. The summed E-state index contributed by atoms with van der Waals surface area (Å²) >= 11 is 0. The van der Waals surface area contributed by atoms with E-state index in [0.717, 1.165) is 18.4 Å². The maximum Gasteiger partial charge on any atom is 0.338 e. The molecule has 0 saturated carbocycles. The molecule has 1 aromatic rings. The lowest BCUT2D eigenvalue weighted by Crippen LogP contribution is -2.41. The summed E-state index contributed by atoms with van der Waals surface area (Å²) in [4.78, 5) is 12.0. The molecule has 3 heteroatoms. The van der Waals surface area contributed by atoms with Crippen LogP contribution in [0.15, 0.2) is 30.3 Å². The Labute approximate surface area is 102 Å². The van der Waals surface area contributed by atoms with Gasteiger partial charge in [-0.05, 0) is 25.3 Å². The Morgan fingerprint density at radius 1 is 1.41 bits per heavy atom. The van der Waals surface area contributed by atoms with Crippen LogP contribution in [-0.2, 0) is 20.7 Å². The summed E-state index contributed by atoms with van der Waals surface area (Å²) in [5.41, 5.74) is 0.361. The first-order valence-electron chi connectivity index (χ1n) is 6.12. The third-order valence-electron chi connectivity index (χ3n) is 3.08. The first kappa shape index (κ1) is 12.1. The smallest absolute Gasteiger partial charge is 0.338 e. The largest absolute Gasteiger partial charge is 0.464 e. The average molecular weight is 234 g/mol. The number of ether oxygens (including phenoxy) is 2. The molecular formula is C14H18O3. The second-order valence-corrected chi connectivity index (χ2v) is 4.33. The summed E-state index contributed by atoms with van der Waals surface area (Å²) in [5.74, 6) is -0.221. The lowest BCUT2D eigenvalue weighted by molar-refractivity contribution is -0.166. The van der Waals surface area contributed by atoms with Crippen molar-refractivity contribution in [3.05, 3.63) is 35.9 Å². The SMILES string of the molecule is CCOC(=O)C1(Cc2ccccc2)CCCO1. The predicted molar refractivity (Wildman–Crippen MR) is 64.7 cm³/mol. The number of carbonyl (C=O) groups excluding carboxylic acids is 1. The molecule has 1 unspecified atom stereocenters. The summed E-state index contributed by atoms with van der Waals surface area (Å²) in [5, 5.41) is 0. The number of hydrogen-bond donors (Lipinski definition) is 0. The van der Waals surface area contributed by atoms with Crippen molar-refractivity contribution in [3.63, 3.8) is 0 Å². The van der Waals surface area contributed by atoms with Crippen molar-refractivity contribution in [2.24, 2.45) is 0 Å². The summed E-state index contributed by atoms with van der Waals surface area (Å²) in [7, 11) is 0. The number of carbonyl (C=O) groups is 1. The molecule has 1 aliphatic rings. The van der Waals surface area contributed by atoms with Gasteiger partial charge in [-0.1, -0.05) is 30.3 Å². The van der Waals surface area contributed by atoms with Crippen molar-refractivity contribution in [1.29, 1.82) is 0 Å². The quantitative estimate of drug-likeness (QED) is 0.750. The second kappa shape index (κ2) is 5.32. The van der Waals surface area contributed by atoms with E-state index in [4.69, 9.17) is 9.47 Å². The van der Waals surface area contributed by atoms with Crippen LogP contribution in [0.4, 0.5) is 0 Å². The molecule has 17 heavy (non-hydrogen) atoms. The Bertz CT molecular complexity index is 366. The van der Waals surface area contributed by atoms with Gasteiger partial charge in [0.1, 0.15) is 0 Å². The van der Waals surface area contributed by atoms with Crippen molar-refractivity contribution in [2.75, 3.05) is 13.2 Å². The summed E-state index contributed by atoms with van der Waals surface area (Å²) in [6.07, 6.45) is 2.28. The summed E-state index contributed by atoms with van der Waals surface area (Å²) < 4.78 is 10.8. The van der Waals surface area contributed by atoms with Gasteiger partial charge in [0.15, 0.2) is 5.60 Å². The van der Waals surface area contributed by atoms with Gasteiger partial charge in [-0.3, -0.25) is 0 Å². The first-order valence-corrected chi connectivity index (χ1v) is 6.12. The van der Waals surface area contributed by atoms with Gasteiger partial charge in [0, 0.05) is 13.0 Å². The normalized spacial score (nSPS) is 23.6. The summed E-state index contributed by atoms with van der Waals surface area (Å²) in [6.45, 7) is 2.87. The highest BCUT2D eigenvalue weighted by Gasteiger charge is 2.44. The fourth-order valence-electron chi connectivity index (χ4n) is 2.26. The van der Waals surface area contributed by atoms with E-state index < -0.39 is 5.60 Å². The van der Waals surface area contributed by atoms with Crippen LogP contribution in [0, 0.1) is 0 Å². The second-order valence-electron chi connectivity index (χ2n) is 4.33. The molecule has 2 rings (SSSR count). The van der Waals surface area contributed by atoms with E-state index in [1.807, 2.05) is 37.3 Å². The maximum absolute atomic E-state index is 12.0. The Morgan fingerprint density at radius 2 is 2.18 bits per heavy atom. The Morgan fingerprint density at radius 3 is 2.76 bits per heavy atom. The van der Waals surface area contributed by atoms with Crippen molar-refractivity contribution >= 4 is 5.97 Å². The molecule has 0 aromatic heterocycles. The molecule has 1 atom stereocenters. The van der Waals surface area contributed by atoms with Gasteiger partial charge in [0.25, 0.3) is 0 Å². The van der Waals surface area contributed by atoms with Crippen LogP contribution in [0.5, 0.6) is 0 Å². The van der Waals surface area contributed by atoms with Crippen LogP contribution in [0.2, 0.25) is 0 Å². The molecule has 1 aliphatic heterocycles. The molecule has 1 heterocycles. The monoisotopic (exact) mass is 234 g/mol. The van der Waals surface area contributed by atoms with Crippen molar-refractivity contribution in [1.82, 2.24) is 0 Å². The number of benzene rings is 1. The van der Waals surface area contributed by atoms with E-state index in [0.29, 0.717) is 19.6 Å². The van der Waals surface area contributed by atoms with E-state index in [1.165, 1.54) is 0 Å². The Kier molecular flexibility index (Phi) is 3.79. The van der Waals surface area contributed by atoms with Crippen LogP contribution in [0.25, 0.3) is 0 Å². The molecule has 0 N–H and O–H groups in total. The molecule has 1 aromatic carbocycles. The van der Waals surface area contributed by atoms with Gasteiger partial charge in [0.05, 0.1) is 6.61 Å². The highest BCUT2D eigenvalue weighted by Crippen LogP contribution is 2.31. The molecule has 1 fully saturated rings. The Balaban J connectivity index is 2.15. The van der Waals surface area contributed by atoms with Gasteiger partial charge in [-0.15, -0.1) is 0 Å². The van der Waals surface area contributed by atoms with E-state index in [1.54, 1.807) is 0 Å². The maximum atomic E-state index is 12.0. The van der Waals surface area contributed by atoms with Gasteiger partial charge < -0.3 is 9.47 Å². The number of esters is 1. The van der Waals surface area contributed by atoms with Gasteiger partial charge in [0.2, 0.25) is 0 Å². The van der Waals surface area contributed by atoms with E-state index >= 15 is 0 Å².